The molecule has 1 aliphatic rings. The van der Waals surface area contributed by atoms with Crippen LogP contribution in [0.5, 0.6) is 0 Å². The molecule has 4 rings (SSSR count). The molecule has 1 aliphatic heterocycles. The number of alkyl carbamates (subject to hydrolysis) is 1. The van der Waals surface area contributed by atoms with Crippen molar-refractivity contribution in [1.82, 2.24) is 24.9 Å². The van der Waals surface area contributed by atoms with Crippen molar-refractivity contribution in [1.29, 1.82) is 0 Å². The molecule has 53 heavy (non-hydrogen) atoms. The Kier molecular flexibility index (Phi) is 13.9. The third kappa shape index (κ3) is 11.9. The lowest BCUT2D eigenvalue weighted by Gasteiger charge is -2.37. The van der Waals surface area contributed by atoms with Crippen LogP contribution >= 0.6 is 0 Å². The molecule has 3 aromatic rings. The number of likely N-dealkylation sites (tertiary alicyclic amines) is 1. The van der Waals surface area contributed by atoms with Crippen LogP contribution in [0.4, 0.5) is 4.79 Å². The van der Waals surface area contributed by atoms with Crippen LogP contribution in [0, 0.1) is 0 Å². The standard InChI is InChI=1S/C43H59N5O5/c1-42(2,3)53-41(52)44-43(4,5)25-15-22-38(49)46(8)36(29-32-23-24-33-19-13-14-20-34(33)27-32)39(50)47(9)37(28-31-17-11-10-12-18-31)40(51)48-26-16-21-35(48)30-45(6)7/h10-15,17-20,22-24,27,35-37H,16,21,25-26,28-30H2,1-9H3,(H,44,52)/b22-15+. The smallest absolute Gasteiger partial charge is 0.408 e. The van der Waals surface area contributed by atoms with E-state index in [1.54, 1.807) is 45.8 Å². The largest absolute Gasteiger partial charge is 0.444 e. The maximum absolute atomic E-state index is 14.8. The number of fused-ring (bicyclic) bond motifs is 1. The van der Waals surface area contributed by atoms with Crippen molar-refractivity contribution in [2.45, 2.75) is 96.0 Å². The molecule has 10 nitrogen and oxygen atoms in total. The second kappa shape index (κ2) is 17.9. The fourth-order valence-electron chi connectivity index (χ4n) is 6.88. The highest BCUT2D eigenvalue weighted by atomic mass is 16.6. The molecule has 3 atom stereocenters. The van der Waals surface area contributed by atoms with E-state index in [1.807, 2.05) is 99.6 Å². The topological polar surface area (TPSA) is 103 Å². The summed E-state index contributed by atoms with van der Waals surface area (Å²) in [5.74, 6) is -0.749. The molecule has 1 heterocycles. The number of nitrogens with one attached hydrogen (secondary N) is 1. The quantitative estimate of drug-likeness (QED) is 0.202. The molecule has 3 unspecified atom stereocenters. The zero-order valence-corrected chi connectivity index (χ0v) is 33.1. The zero-order valence-electron chi connectivity index (χ0n) is 33.1. The molecule has 10 heteroatoms. The van der Waals surface area contributed by atoms with E-state index >= 15 is 0 Å². The van der Waals surface area contributed by atoms with E-state index in [0.717, 1.165) is 41.3 Å². The van der Waals surface area contributed by atoms with Crippen LogP contribution in [0.2, 0.25) is 0 Å². The van der Waals surface area contributed by atoms with Crippen molar-refractivity contribution >= 4 is 34.6 Å². The third-order valence-corrected chi connectivity index (χ3v) is 9.68. The second-order valence-corrected chi connectivity index (χ2v) is 16.2. The van der Waals surface area contributed by atoms with Gasteiger partial charge < -0.3 is 29.7 Å². The summed E-state index contributed by atoms with van der Waals surface area (Å²) in [7, 11) is 7.34. The van der Waals surface area contributed by atoms with Gasteiger partial charge in [-0.2, -0.15) is 0 Å². The Morgan fingerprint density at radius 3 is 2.13 bits per heavy atom. The van der Waals surface area contributed by atoms with Gasteiger partial charge in [-0.05, 0) is 96.0 Å². The highest BCUT2D eigenvalue weighted by Crippen LogP contribution is 2.24. The minimum absolute atomic E-state index is 0.0659. The second-order valence-electron chi connectivity index (χ2n) is 16.2. The van der Waals surface area contributed by atoms with Crippen LogP contribution in [0.15, 0.2) is 84.9 Å². The predicted octanol–water partition coefficient (Wildman–Crippen LogP) is 6.08. The van der Waals surface area contributed by atoms with Crippen LogP contribution in [-0.2, 0) is 32.0 Å². The van der Waals surface area contributed by atoms with Crippen LogP contribution < -0.4 is 5.32 Å². The highest BCUT2D eigenvalue weighted by molar-refractivity contribution is 5.95. The number of likely N-dealkylation sites (N-methyl/N-ethyl adjacent to an activating group) is 3. The van der Waals surface area contributed by atoms with Gasteiger partial charge in [-0.15, -0.1) is 0 Å². The van der Waals surface area contributed by atoms with Gasteiger partial charge in [-0.1, -0.05) is 78.9 Å². The summed E-state index contributed by atoms with van der Waals surface area (Å²) < 4.78 is 5.41. The molecular formula is C43H59N5O5. The summed E-state index contributed by atoms with van der Waals surface area (Å²) in [5, 5.41) is 4.98. The van der Waals surface area contributed by atoms with Gasteiger partial charge in [0, 0.05) is 51.6 Å². The average molecular weight is 726 g/mol. The first-order valence-corrected chi connectivity index (χ1v) is 18.6. The maximum atomic E-state index is 14.8. The predicted molar refractivity (Wildman–Crippen MR) is 211 cm³/mol. The zero-order chi connectivity index (χ0) is 38.9. The minimum atomic E-state index is -0.895. The number of benzene rings is 3. The number of hydrogen-bond acceptors (Lipinski definition) is 6. The molecule has 0 aliphatic carbocycles. The van der Waals surface area contributed by atoms with Crippen LogP contribution in [0.3, 0.4) is 0 Å². The van der Waals surface area contributed by atoms with E-state index in [1.165, 1.54) is 11.0 Å². The van der Waals surface area contributed by atoms with Crippen molar-refractivity contribution in [3.63, 3.8) is 0 Å². The highest BCUT2D eigenvalue weighted by Gasteiger charge is 2.39. The van der Waals surface area contributed by atoms with Crippen molar-refractivity contribution in [2.24, 2.45) is 0 Å². The average Bonchev–Trinajstić information content (AvgIpc) is 3.54. The Morgan fingerprint density at radius 2 is 1.47 bits per heavy atom. The molecule has 0 aromatic heterocycles. The number of rotatable bonds is 14. The first kappa shape index (κ1) is 41.1. The summed E-state index contributed by atoms with van der Waals surface area (Å²) >= 11 is 0. The number of carbonyl (C=O) groups excluding carboxylic acids is 4. The first-order chi connectivity index (χ1) is 24.9. The van der Waals surface area contributed by atoms with Crippen LogP contribution in [0.25, 0.3) is 10.8 Å². The molecule has 1 N–H and O–H groups in total. The monoisotopic (exact) mass is 725 g/mol. The SMILES string of the molecule is CN(C)CC1CCCN1C(=O)C(Cc1ccccc1)N(C)C(=O)C(Cc1ccc2ccccc2c1)N(C)C(=O)/C=C/CC(C)(C)NC(=O)OC(C)(C)C. The van der Waals surface area contributed by atoms with Crippen molar-refractivity contribution in [3.8, 4) is 0 Å². The first-order valence-electron chi connectivity index (χ1n) is 18.6. The molecule has 1 saturated heterocycles. The van der Waals surface area contributed by atoms with Gasteiger partial charge in [0.15, 0.2) is 0 Å². The van der Waals surface area contributed by atoms with E-state index < -0.39 is 29.3 Å². The lowest BCUT2D eigenvalue weighted by atomic mass is 9.98. The molecule has 0 radical (unpaired) electrons. The Labute approximate surface area is 316 Å². The Hall–Kier alpha value is -4.70. The molecular weight excluding hydrogens is 667 g/mol. The molecule has 0 spiro atoms. The van der Waals surface area contributed by atoms with Crippen LogP contribution in [-0.4, -0.2) is 114 Å². The molecule has 0 saturated carbocycles. The molecule has 3 aromatic carbocycles. The summed E-state index contributed by atoms with van der Waals surface area (Å²) in [6, 6.07) is 22.3. The number of carbonyl (C=O) groups is 4. The fraction of sp³-hybridized carbons (Fsp3) is 0.488. The molecule has 0 bridgehead atoms. The number of nitrogens with zero attached hydrogens (tertiary/aromatic N) is 4. The van der Waals surface area contributed by atoms with Gasteiger partial charge >= 0.3 is 6.09 Å². The summed E-state index contributed by atoms with van der Waals surface area (Å²) in [4.78, 5) is 62.6. The summed E-state index contributed by atoms with van der Waals surface area (Å²) in [6.07, 6.45) is 5.41. The van der Waals surface area contributed by atoms with E-state index in [0.29, 0.717) is 19.4 Å². The molecule has 286 valence electrons. The van der Waals surface area contributed by atoms with E-state index in [-0.39, 0.29) is 30.2 Å². The summed E-state index contributed by atoms with van der Waals surface area (Å²) in [6.45, 7) is 10.5. The van der Waals surface area contributed by atoms with Gasteiger partial charge in [-0.25, -0.2) is 4.79 Å². The van der Waals surface area contributed by atoms with Crippen LogP contribution in [0.1, 0.15) is 65.0 Å². The van der Waals surface area contributed by atoms with Crippen molar-refractivity contribution < 1.29 is 23.9 Å². The van der Waals surface area contributed by atoms with E-state index in [9.17, 15) is 19.2 Å². The molecule has 1 fully saturated rings. The van der Waals surface area contributed by atoms with E-state index in [4.69, 9.17) is 4.74 Å². The van der Waals surface area contributed by atoms with Gasteiger partial charge in [0.05, 0.1) is 0 Å². The summed E-state index contributed by atoms with van der Waals surface area (Å²) in [5.41, 5.74) is 0.526. The Balaban J connectivity index is 1.63. The Bertz CT molecular complexity index is 1750. The number of amides is 4. The van der Waals surface area contributed by atoms with Gasteiger partial charge in [0.25, 0.3) is 0 Å². The Morgan fingerprint density at radius 1 is 0.830 bits per heavy atom. The van der Waals surface area contributed by atoms with E-state index in [2.05, 4.69) is 16.3 Å². The lowest BCUT2D eigenvalue weighted by Crippen LogP contribution is -2.57. The number of ether oxygens (including phenoxy) is 1. The van der Waals surface area contributed by atoms with Gasteiger partial charge in [0.2, 0.25) is 17.7 Å². The van der Waals surface area contributed by atoms with Gasteiger partial charge in [-0.3, -0.25) is 14.4 Å². The number of hydrogen-bond donors (Lipinski definition) is 1. The minimum Gasteiger partial charge on any atom is -0.444 e. The third-order valence-electron chi connectivity index (χ3n) is 9.68. The molecule has 4 amide bonds. The normalized spacial score (nSPS) is 16.1. The van der Waals surface area contributed by atoms with Gasteiger partial charge in [0.1, 0.15) is 17.7 Å². The maximum Gasteiger partial charge on any atom is 0.408 e. The lowest BCUT2D eigenvalue weighted by molar-refractivity contribution is -0.149. The fourth-order valence-corrected chi connectivity index (χ4v) is 6.88. The van der Waals surface area contributed by atoms with Crippen molar-refractivity contribution in [2.75, 3.05) is 41.3 Å². The van der Waals surface area contributed by atoms with Crippen molar-refractivity contribution in [3.05, 3.63) is 96.1 Å².